The van der Waals surface area contributed by atoms with Crippen LogP contribution in [0, 0.1) is 5.92 Å². The number of likely N-dealkylation sites (tertiary alicyclic amines) is 1. The molecule has 1 aromatic rings. The van der Waals surface area contributed by atoms with E-state index < -0.39 is 26.6 Å². The van der Waals surface area contributed by atoms with Crippen molar-refractivity contribution in [2.45, 2.75) is 80.2 Å². The van der Waals surface area contributed by atoms with Crippen molar-refractivity contribution < 1.29 is 54.7 Å². The van der Waals surface area contributed by atoms with Crippen molar-refractivity contribution in [2.75, 3.05) is 27.2 Å². The average molecular weight is 564 g/mol. The van der Waals surface area contributed by atoms with E-state index in [2.05, 4.69) is 13.1 Å². The van der Waals surface area contributed by atoms with Gasteiger partial charge in [-0.3, -0.25) is 4.79 Å². The molecule has 9 nitrogen and oxygen atoms in total. The second kappa shape index (κ2) is 8.79. The van der Waals surface area contributed by atoms with Gasteiger partial charge in [0.2, 0.25) is 0 Å². The maximum Gasteiger partial charge on any atom is 0.485 e. The molecule has 2 heterocycles. The molecule has 1 saturated heterocycles. The molecule has 2 saturated carbocycles. The van der Waals surface area contributed by atoms with Crippen molar-refractivity contribution in [3.8, 4) is 11.5 Å². The third-order valence-electron chi connectivity index (χ3n) is 9.25. The van der Waals surface area contributed by atoms with Gasteiger partial charge in [-0.25, -0.2) is 8.42 Å². The largest absolute Gasteiger partial charge is 0.741 e. The maximum absolute atomic E-state index is 12.5. The summed E-state index contributed by atoms with van der Waals surface area (Å²) in [5.41, 5.74) is -4.63. The molecule has 13 heteroatoms. The third kappa shape index (κ3) is 4.04. The zero-order valence-electron chi connectivity index (χ0n) is 21.4. The highest BCUT2D eigenvalue weighted by molar-refractivity contribution is 7.86. The molecule has 1 unspecified atom stereocenters. The van der Waals surface area contributed by atoms with Gasteiger partial charge in [0, 0.05) is 38.4 Å². The summed E-state index contributed by atoms with van der Waals surface area (Å²) >= 11 is 0. The van der Waals surface area contributed by atoms with Crippen LogP contribution in [0.15, 0.2) is 12.1 Å². The Morgan fingerprint density at radius 2 is 1.92 bits per heavy atom. The van der Waals surface area contributed by atoms with Crippen LogP contribution in [0.4, 0.5) is 13.2 Å². The maximum atomic E-state index is 12.5. The number of carbonyl (C=O) groups is 1. The lowest BCUT2D eigenvalue weighted by Gasteiger charge is -2.65. The fraction of sp³-hybridized carbons (Fsp3) is 0.720. The summed E-state index contributed by atoms with van der Waals surface area (Å²) in [5, 5.41) is 12.5. The van der Waals surface area contributed by atoms with E-state index in [0.717, 1.165) is 54.7 Å². The van der Waals surface area contributed by atoms with Crippen molar-refractivity contribution in [3.05, 3.63) is 23.3 Å². The standard InChI is InChI=1S/C24H32NO5.CHF3O3S/c1-14(26)29-17-7-6-16-12-19-24(27)9-8-18(28-3)22-23(24,20(16)21(17)30-22)10-11-25(19,2)13-15-4-5-15;2-1(3,4)8(5,6)7/h6-7,15,18-19,22,27H,4-5,8-13H2,1-3H3;(H,5,6,7)/q+1;/p-1/t18-,19+,22-,23-,24+,25?;/m0./s1. The number of piperidine rings is 1. The fourth-order valence-corrected chi connectivity index (χ4v) is 7.58. The second-order valence-corrected chi connectivity index (χ2v) is 12.8. The van der Waals surface area contributed by atoms with Gasteiger partial charge in [-0.05, 0) is 37.3 Å². The lowest BCUT2D eigenvalue weighted by Crippen LogP contribution is -2.81. The summed E-state index contributed by atoms with van der Waals surface area (Å²) in [4.78, 5) is 11.7. The molecule has 0 radical (unpaired) electrons. The number of alkyl halides is 3. The molecule has 1 aromatic carbocycles. The van der Waals surface area contributed by atoms with Crippen molar-refractivity contribution >= 4 is 16.1 Å². The van der Waals surface area contributed by atoms with E-state index in [0.29, 0.717) is 11.5 Å². The molecule has 2 bridgehead atoms. The minimum atomic E-state index is -6.09. The van der Waals surface area contributed by atoms with E-state index in [1.165, 1.54) is 25.3 Å². The number of hydrogen-bond acceptors (Lipinski definition) is 8. The molecule has 3 aliphatic carbocycles. The Labute approximate surface area is 219 Å². The van der Waals surface area contributed by atoms with Gasteiger partial charge in [-0.15, -0.1) is 0 Å². The number of esters is 1. The van der Waals surface area contributed by atoms with E-state index >= 15 is 0 Å². The molecule has 38 heavy (non-hydrogen) atoms. The Bertz CT molecular complexity index is 1250. The number of nitrogens with zero attached hydrogens (tertiary/aromatic N) is 1. The highest BCUT2D eigenvalue weighted by Crippen LogP contribution is 2.66. The molecule has 2 aliphatic heterocycles. The van der Waals surface area contributed by atoms with E-state index in [9.17, 15) is 23.1 Å². The van der Waals surface area contributed by atoms with Gasteiger partial charge in [-0.1, -0.05) is 6.07 Å². The third-order valence-corrected chi connectivity index (χ3v) is 9.82. The van der Waals surface area contributed by atoms with E-state index in [-0.39, 0.29) is 24.2 Å². The molecule has 3 fully saturated rings. The Hall–Kier alpha value is -1.93. The summed E-state index contributed by atoms with van der Waals surface area (Å²) in [5.74, 6) is 1.59. The van der Waals surface area contributed by atoms with Crippen LogP contribution in [0.5, 0.6) is 11.5 Å². The number of hydrogen-bond donors (Lipinski definition) is 1. The van der Waals surface area contributed by atoms with Gasteiger partial charge >= 0.3 is 11.5 Å². The first kappa shape index (κ1) is 27.6. The van der Waals surface area contributed by atoms with E-state index in [4.69, 9.17) is 27.2 Å². The van der Waals surface area contributed by atoms with Crippen molar-refractivity contribution in [3.63, 3.8) is 0 Å². The first-order valence-electron chi connectivity index (χ1n) is 12.7. The number of carbonyl (C=O) groups excluding carboxylic acids is 1. The monoisotopic (exact) mass is 563 g/mol. The Morgan fingerprint density at radius 3 is 2.47 bits per heavy atom. The number of likely N-dealkylation sites (N-methyl/N-ethyl adjacent to an activating group) is 1. The topological polar surface area (TPSA) is 122 Å². The summed E-state index contributed by atoms with van der Waals surface area (Å²) in [6, 6.07) is 4.13. The van der Waals surface area contributed by atoms with Gasteiger partial charge in [-0.2, -0.15) is 13.2 Å². The molecule has 0 aromatic heterocycles. The van der Waals surface area contributed by atoms with Crippen molar-refractivity contribution in [2.24, 2.45) is 5.92 Å². The van der Waals surface area contributed by atoms with E-state index in [1.807, 2.05) is 6.07 Å². The van der Waals surface area contributed by atoms with Crippen LogP contribution in [-0.2, 0) is 31.5 Å². The number of halogens is 3. The lowest BCUT2D eigenvalue weighted by molar-refractivity contribution is -0.950. The second-order valence-electron chi connectivity index (χ2n) is 11.5. The highest BCUT2D eigenvalue weighted by atomic mass is 32.2. The van der Waals surface area contributed by atoms with Crippen LogP contribution < -0.4 is 9.47 Å². The molecule has 6 rings (SSSR count). The van der Waals surface area contributed by atoms with Crippen LogP contribution in [0.2, 0.25) is 0 Å². The molecular weight excluding hydrogens is 531 g/mol. The first-order valence-corrected chi connectivity index (χ1v) is 14.1. The van der Waals surface area contributed by atoms with Gasteiger partial charge in [0.15, 0.2) is 21.6 Å². The Kier molecular flexibility index (Phi) is 6.39. The zero-order chi connectivity index (χ0) is 27.9. The minimum absolute atomic E-state index is 0.0743. The molecule has 212 valence electrons. The average Bonchev–Trinajstić information content (AvgIpc) is 3.53. The van der Waals surface area contributed by atoms with Gasteiger partial charge in [0.25, 0.3) is 0 Å². The number of aliphatic hydroxyl groups is 1. The van der Waals surface area contributed by atoms with Gasteiger partial charge in [0.1, 0.15) is 17.7 Å². The normalized spacial score (nSPS) is 36.9. The lowest BCUT2D eigenvalue weighted by atomic mass is 9.48. The summed E-state index contributed by atoms with van der Waals surface area (Å²) in [6.45, 7) is 3.62. The van der Waals surface area contributed by atoms with Gasteiger partial charge in [0.05, 0.1) is 31.7 Å². The van der Waals surface area contributed by atoms with Gasteiger partial charge < -0.3 is 28.4 Å². The zero-order valence-corrected chi connectivity index (χ0v) is 22.2. The van der Waals surface area contributed by atoms with Crippen molar-refractivity contribution in [1.82, 2.24) is 0 Å². The number of benzene rings is 1. The summed E-state index contributed by atoms with van der Waals surface area (Å²) in [7, 11) is -1.99. The summed E-state index contributed by atoms with van der Waals surface area (Å²) < 4.78 is 77.8. The highest BCUT2D eigenvalue weighted by Gasteiger charge is 2.76. The van der Waals surface area contributed by atoms with Crippen LogP contribution in [-0.4, -0.2) is 85.1 Å². The smallest absolute Gasteiger partial charge is 0.485 e. The van der Waals surface area contributed by atoms with Crippen molar-refractivity contribution in [1.29, 1.82) is 0 Å². The SMILES string of the molecule is CO[C@H]1CC[C@@]2(O)[C@H]3Cc4ccc(OC(C)=O)c5c4[C@@]2(CC[N+]3(C)CC2CC2)[C@H]1O5.O=S(=O)([O-])C(F)(F)F. The quantitative estimate of drug-likeness (QED) is 0.195. The predicted octanol–water partition coefficient (Wildman–Crippen LogP) is 2.39. The Balaban J connectivity index is 0.000000323. The van der Waals surface area contributed by atoms with Crippen LogP contribution in [0.1, 0.15) is 50.2 Å². The van der Waals surface area contributed by atoms with Crippen LogP contribution in [0.3, 0.4) is 0 Å². The molecular formula is C25H32F3NO8S. The molecule has 6 atom stereocenters. The molecule has 1 N–H and O–H groups in total. The van der Waals surface area contributed by atoms with Crippen LogP contribution >= 0.6 is 0 Å². The molecule has 0 amide bonds. The number of ether oxygens (including phenoxy) is 3. The van der Waals surface area contributed by atoms with Crippen LogP contribution in [0.25, 0.3) is 0 Å². The van der Waals surface area contributed by atoms with E-state index in [1.54, 1.807) is 7.11 Å². The number of quaternary nitrogens is 1. The number of methoxy groups -OCH3 is 1. The molecule has 1 spiro atoms. The Morgan fingerprint density at radius 1 is 1.26 bits per heavy atom. The number of rotatable bonds is 4. The molecule has 5 aliphatic rings. The fourth-order valence-electron chi connectivity index (χ4n) is 7.58. The predicted molar refractivity (Wildman–Crippen MR) is 125 cm³/mol. The first-order chi connectivity index (χ1) is 17.6. The minimum Gasteiger partial charge on any atom is -0.741 e. The summed E-state index contributed by atoms with van der Waals surface area (Å²) in [6.07, 6.45) is 5.56.